The molecule has 0 radical (unpaired) electrons. The van der Waals surface area contributed by atoms with E-state index in [0.717, 1.165) is 25.2 Å². The molecule has 2 heterocycles. The number of alkyl halides is 9. The third-order valence-corrected chi connectivity index (χ3v) is 5.61. The van der Waals surface area contributed by atoms with Crippen LogP contribution >= 0.6 is 0 Å². The normalized spacial score (nSPS) is 17.8. The number of nitrogens with zero attached hydrogens (tertiary/aromatic N) is 4. The lowest BCUT2D eigenvalue weighted by Crippen LogP contribution is -2.44. The van der Waals surface area contributed by atoms with E-state index in [9.17, 15) is 54.4 Å². The van der Waals surface area contributed by atoms with Gasteiger partial charge in [-0.15, -0.1) is 0 Å². The summed E-state index contributed by atoms with van der Waals surface area (Å²) in [6, 6.07) is 5.00. The predicted octanol–water partition coefficient (Wildman–Crippen LogP) is 4.53. The number of hydrogen-bond acceptors (Lipinski definition) is 6. The van der Waals surface area contributed by atoms with Crippen LogP contribution in [-0.4, -0.2) is 46.1 Å². The first-order chi connectivity index (χ1) is 17.9. The summed E-state index contributed by atoms with van der Waals surface area (Å²) in [4.78, 5) is 28.7. The molecule has 0 bridgehead atoms. The van der Waals surface area contributed by atoms with Gasteiger partial charge in [0.2, 0.25) is 5.91 Å². The number of halogens is 9. The summed E-state index contributed by atoms with van der Waals surface area (Å²) in [5.41, 5.74) is -7.01. The van der Waals surface area contributed by atoms with Crippen LogP contribution in [0.15, 0.2) is 29.4 Å². The number of carbonyl (C=O) groups is 2. The van der Waals surface area contributed by atoms with Crippen molar-refractivity contribution < 1.29 is 53.9 Å². The van der Waals surface area contributed by atoms with Crippen molar-refractivity contribution in [3.63, 3.8) is 0 Å². The Balaban J connectivity index is 1.83. The molecule has 0 spiro atoms. The number of Topliss-reactive ketones (excluding diaryl/α,β-unsaturated/α-hetero) is 1. The lowest BCUT2D eigenvalue weighted by atomic mass is 9.88. The van der Waals surface area contributed by atoms with Gasteiger partial charge < -0.3 is 10.2 Å². The number of aryl methyl sites for hydroxylation is 1. The lowest BCUT2D eigenvalue weighted by molar-refractivity contribution is -0.278. The van der Waals surface area contributed by atoms with E-state index in [1.54, 1.807) is 11.4 Å². The van der Waals surface area contributed by atoms with Gasteiger partial charge in [0.15, 0.2) is 11.5 Å². The summed E-state index contributed by atoms with van der Waals surface area (Å²) in [5.74, 6) is -1.87. The molecular weight excluding hydrogens is 553 g/mol. The van der Waals surface area contributed by atoms with Gasteiger partial charge in [-0.05, 0) is 18.2 Å². The van der Waals surface area contributed by atoms with Gasteiger partial charge in [0, 0.05) is 31.0 Å². The average Bonchev–Trinajstić information content (AvgIpc) is 3.45. The van der Waals surface area contributed by atoms with Crippen molar-refractivity contribution in [2.75, 3.05) is 6.54 Å². The molecule has 0 fully saturated rings. The number of hydrogen-bond donors (Lipinski definition) is 1. The molecule has 1 amide bonds. The van der Waals surface area contributed by atoms with E-state index in [1.807, 2.05) is 0 Å². The fourth-order valence-corrected chi connectivity index (χ4v) is 3.71. The second-order valence-corrected chi connectivity index (χ2v) is 8.35. The Morgan fingerprint density at radius 1 is 1.10 bits per heavy atom. The van der Waals surface area contributed by atoms with Crippen molar-refractivity contribution in [3.8, 4) is 6.07 Å². The molecule has 1 atom stereocenters. The maximum Gasteiger partial charge on any atom is 0.437 e. The maximum atomic E-state index is 14.1. The number of benzene rings is 1. The zero-order valence-electron chi connectivity index (χ0n) is 19.6. The summed E-state index contributed by atoms with van der Waals surface area (Å²) >= 11 is 0. The minimum atomic E-state index is -5.25. The van der Waals surface area contributed by atoms with Gasteiger partial charge in [0.25, 0.3) is 5.60 Å². The highest BCUT2D eigenvalue weighted by atomic mass is 19.4. The first-order valence-electron chi connectivity index (χ1n) is 10.7. The van der Waals surface area contributed by atoms with E-state index in [-0.39, 0.29) is 22.8 Å². The molecule has 210 valence electrons. The van der Waals surface area contributed by atoms with Crippen LogP contribution in [0.1, 0.15) is 52.1 Å². The predicted molar refractivity (Wildman–Crippen MR) is 112 cm³/mol. The summed E-state index contributed by atoms with van der Waals surface area (Å²) in [5, 5.41) is 17.5. The van der Waals surface area contributed by atoms with E-state index in [1.165, 1.54) is 0 Å². The Bertz CT molecular complexity index is 1350. The van der Waals surface area contributed by atoms with Crippen molar-refractivity contribution in [3.05, 3.63) is 52.3 Å². The fourth-order valence-electron chi connectivity index (χ4n) is 3.71. The molecular formula is C22H16F9N5O3. The van der Waals surface area contributed by atoms with Gasteiger partial charge in [-0.3, -0.25) is 14.3 Å². The quantitative estimate of drug-likeness (QED) is 0.389. The standard InChI is InChI=1S/C22H16F9N5O3/c1-36-17(7-16(34-36)21(26,27)28)19(22(29,30)31)8-14(35-39-19)11-2-3-13(12(6-11)9-32)15(37)4-5-18(38)33-10-20(23,24)25/h2-3,6-7H,4-5,8,10H2,1H3,(H,33,38). The van der Waals surface area contributed by atoms with Crippen LogP contribution < -0.4 is 5.32 Å². The molecule has 1 aromatic heterocycles. The first-order valence-corrected chi connectivity index (χ1v) is 10.7. The first kappa shape index (κ1) is 29.5. The van der Waals surface area contributed by atoms with Crippen LogP contribution in [0.25, 0.3) is 0 Å². The Morgan fingerprint density at radius 3 is 2.31 bits per heavy atom. The van der Waals surface area contributed by atoms with Gasteiger partial charge in [-0.1, -0.05) is 11.2 Å². The van der Waals surface area contributed by atoms with Gasteiger partial charge in [0.1, 0.15) is 6.54 Å². The highest BCUT2D eigenvalue weighted by Gasteiger charge is 2.64. The van der Waals surface area contributed by atoms with Crippen LogP contribution in [0.3, 0.4) is 0 Å². The minimum Gasteiger partial charge on any atom is -0.372 e. The average molecular weight is 569 g/mol. The fraction of sp³-hybridized carbons (Fsp3) is 0.409. The molecule has 8 nitrogen and oxygen atoms in total. The molecule has 1 unspecified atom stereocenters. The lowest BCUT2D eigenvalue weighted by Gasteiger charge is -2.28. The summed E-state index contributed by atoms with van der Waals surface area (Å²) < 4.78 is 118. The van der Waals surface area contributed by atoms with Gasteiger partial charge in [0.05, 0.1) is 29.5 Å². The molecule has 39 heavy (non-hydrogen) atoms. The highest BCUT2D eigenvalue weighted by Crippen LogP contribution is 2.49. The Morgan fingerprint density at radius 2 is 1.77 bits per heavy atom. The number of nitrogens with one attached hydrogen (secondary N) is 1. The summed E-state index contributed by atoms with van der Waals surface area (Å²) in [6.45, 7) is -1.60. The zero-order valence-corrected chi connectivity index (χ0v) is 19.6. The van der Waals surface area contributed by atoms with Gasteiger partial charge in [-0.2, -0.15) is 49.9 Å². The molecule has 1 N–H and O–H groups in total. The minimum absolute atomic E-state index is 0.115. The van der Waals surface area contributed by atoms with Crippen molar-refractivity contribution in [2.45, 2.75) is 43.4 Å². The highest BCUT2D eigenvalue weighted by molar-refractivity contribution is 6.05. The SMILES string of the molecule is Cn1nc(C(F)(F)F)cc1C1(C(F)(F)F)CC(c2ccc(C(=O)CCC(=O)NCC(F)(F)F)c(C#N)c2)=NO1. The number of amides is 1. The van der Waals surface area contributed by atoms with E-state index < -0.39 is 78.7 Å². The number of oxime groups is 1. The molecule has 0 saturated heterocycles. The number of nitriles is 1. The van der Waals surface area contributed by atoms with Crippen LogP contribution in [-0.2, 0) is 28.5 Å². The second-order valence-electron chi connectivity index (χ2n) is 8.35. The van der Waals surface area contributed by atoms with E-state index in [0.29, 0.717) is 4.68 Å². The summed E-state index contributed by atoms with van der Waals surface area (Å²) in [6.07, 6.45) is -17.2. The molecule has 3 rings (SSSR count). The van der Waals surface area contributed by atoms with E-state index in [4.69, 9.17) is 0 Å². The molecule has 2 aromatic rings. The summed E-state index contributed by atoms with van der Waals surface area (Å²) in [7, 11) is 0.872. The van der Waals surface area contributed by atoms with Crippen LogP contribution in [0, 0.1) is 11.3 Å². The van der Waals surface area contributed by atoms with Gasteiger partial charge >= 0.3 is 18.5 Å². The van der Waals surface area contributed by atoms with Crippen LogP contribution in [0.5, 0.6) is 0 Å². The number of aromatic nitrogens is 2. The smallest absolute Gasteiger partial charge is 0.372 e. The molecule has 1 aromatic carbocycles. The number of rotatable bonds is 7. The zero-order chi connectivity index (χ0) is 29.4. The molecule has 1 aliphatic rings. The molecule has 0 aliphatic carbocycles. The molecule has 0 saturated carbocycles. The van der Waals surface area contributed by atoms with E-state index in [2.05, 4.69) is 15.1 Å². The maximum absolute atomic E-state index is 14.1. The Hall–Kier alpha value is -4.10. The van der Waals surface area contributed by atoms with Crippen molar-refractivity contribution in [1.82, 2.24) is 15.1 Å². The Kier molecular flexibility index (Phi) is 7.72. The van der Waals surface area contributed by atoms with Crippen LogP contribution in [0.4, 0.5) is 39.5 Å². The topological polar surface area (TPSA) is 109 Å². The molecule has 1 aliphatic heterocycles. The van der Waals surface area contributed by atoms with E-state index >= 15 is 0 Å². The third-order valence-electron chi connectivity index (χ3n) is 5.61. The van der Waals surface area contributed by atoms with Gasteiger partial charge in [-0.25, -0.2) is 0 Å². The molecule has 17 heteroatoms. The van der Waals surface area contributed by atoms with Crippen molar-refractivity contribution in [2.24, 2.45) is 12.2 Å². The third kappa shape index (κ3) is 6.32. The number of carbonyl (C=O) groups excluding carboxylic acids is 2. The number of ketones is 1. The van der Waals surface area contributed by atoms with Crippen molar-refractivity contribution >= 4 is 17.4 Å². The Labute approximate surface area is 213 Å². The van der Waals surface area contributed by atoms with Crippen molar-refractivity contribution in [1.29, 1.82) is 5.26 Å². The second kappa shape index (κ2) is 10.2. The monoisotopic (exact) mass is 569 g/mol. The van der Waals surface area contributed by atoms with Crippen LogP contribution in [0.2, 0.25) is 0 Å². The largest absolute Gasteiger partial charge is 0.437 e.